The highest BCUT2D eigenvalue weighted by Gasteiger charge is 2.22. The van der Waals surface area contributed by atoms with Crippen LogP contribution in [0, 0.1) is 0 Å². The Morgan fingerprint density at radius 1 is 1.47 bits per heavy atom. The molecule has 0 aliphatic carbocycles. The van der Waals surface area contributed by atoms with Crippen molar-refractivity contribution in [2.75, 3.05) is 24.6 Å². The maximum Gasteiger partial charge on any atom is 0.182 e. The molecular formula is C11H15N5O. The molecule has 0 aromatic carbocycles. The summed E-state index contributed by atoms with van der Waals surface area (Å²) in [4.78, 5) is 18.0. The molecule has 0 spiro atoms. The van der Waals surface area contributed by atoms with E-state index in [0.29, 0.717) is 0 Å². The molecule has 6 nitrogen and oxygen atoms in total. The van der Waals surface area contributed by atoms with E-state index in [1.165, 1.54) is 0 Å². The predicted octanol–water partition coefficient (Wildman–Crippen LogP) is 0.968. The van der Waals surface area contributed by atoms with Gasteiger partial charge in [-0.2, -0.15) is 0 Å². The Bertz CT molecular complexity index is 511. The maximum atomic E-state index is 5.66. The van der Waals surface area contributed by atoms with Gasteiger partial charge in [0.05, 0.1) is 19.0 Å². The molecule has 1 saturated heterocycles. The Labute approximate surface area is 99.0 Å². The molecule has 3 heterocycles. The summed E-state index contributed by atoms with van der Waals surface area (Å²) in [5.41, 5.74) is 1.62. The number of morpholine rings is 1. The van der Waals surface area contributed by atoms with Crippen LogP contribution < -0.4 is 4.90 Å². The molecule has 17 heavy (non-hydrogen) atoms. The fourth-order valence-corrected chi connectivity index (χ4v) is 2.15. The third kappa shape index (κ3) is 1.84. The van der Waals surface area contributed by atoms with E-state index >= 15 is 0 Å². The van der Waals surface area contributed by atoms with E-state index in [1.54, 1.807) is 12.7 Å². The lowest BCUT2D eigenvalue weighted by Gasteiger charge is -2.33. The van der Waals surface area contributed by atoms with Crippen molar-refractivity contribution in [1.82, 2.24) is 19.9 Å². The van der Waals surface area contributed by atoms with Gasteiger partial charge < -0.3 is 14.6 Å². The first-order valence-electron chi connectivity index (χ1n) is 5.89. The zero-order valence-corrected chi connectivity index (χ0v) is 9.76. The molecule has 0 bridgehead atoms. The van der Waals surface area contributed by atoms with Gasteiger partial charge in [0, 0.05) is 13.1 Å². The minimum absolute atomic E-state index is 0.289. The molecule has 1 atom stereocenters. The molecule has 1 N–H and O–H groups in total. The molecule has 90 valence electrons. The van der Waals surface area contributed by atoms with Gasteiger partial charge in [-0.05, 0) is 6.42 Å². The highest BCUT2D eigenvalue weighted by molar-refractivity contribution is 5.82. The Balaban J connectivity index is 1.94. The van der Waals surface area contributed by atoms with Crippen molar-refractivity contribution < 1.29 is 4.74 Å². The predicted molar refractivity (Wildman–Crippen MR) is 63.9 cm³/mol. The van der Waals surface area contributed by atoms with E-state index in [2.05, 4.69) is 31.8 Å². The second kappa shape index (κ2) is 4.29. The van der Waals surface area contributed by atoms with Crippen molar-refractivity contribution in [2.45, 2.75) is 19.4 Å². The molecule has 1 fully saturated rings. The Kier molecular flexibility index (Phi) is 2.64. The van der Waals surface area contributed by atoms with Gasteiger partial charge in [0.15, 0.2) is 11.5 Å². The molecule has 3 rings (SSSR count). The minimum Gasteiger partial charge on any atom is -0.375 e. The number of ether oxygens (including phenoxy) is 1. The fourth-order valence-electron chi connectivity index (χ4n) is 2.15. The van der Waals surface area contributed by atoms with E-state index in [1.807, 2.05) is 0 Å². The SMILES string of the molecule is CC[C@H]1CN(c2ncnc3nc[nH]c23)CCO1. The number of hydrogen-bond acceptors (Lipinski definition) is 5. The Morgan fingerprint density at radius 2 is 2.41 bits per heavy atom. The number of nitrogens with one attached hydrogen (secondary N) is 1. The van der Waals surface area contributed by atoms with Gasteiger partial charge in [0.1, 0.15) is 11.8 Å². The number of hydrogen-bond donors (Lipinski definition) is 1. The molecule has 0 unspecified atom stereocenters. The first-order chi connectivity index (χ1) is 8.38. The zero-order chi connectivity index (χ0) is 11.7. The van der Waals surface area contributed by atoms with Crippen LogP contribution in [0.4, 0.5) is 5.82 Å². The number of anilines is 1. The van der Waals surface area contributed by atoms with Crippen LogP contribution in [0.1, 0.15) is 13.3 Å². The van der Waals surface area contributed by atoms with Gasteiger partial charge in [0.25, 0.3) is 0 Å². The lowest BCUT2D eigenvalue weighted by atomic mass is 10.2. The fraction of sp³-hybridized carbons (Fsp3) is 0.545. The zero-order valence-electron chi connectivity index (χ0n) is 9.76. The van der Waals surface area contributed by atoms with E-state index in [-0.39, 0.29) is 6.10 Å². The van der Waals surface area contributed by atoms with Crippen LogP contribution in [0.5, 0.6) is 0 Å². The monoisotopic (exact) mass is 233 g/mol. The third-order valence-corrected chi connectivity index (χ3v) is 3.10. The molecule has 0 saturated carbocycles. The van der Waals surface area contributed by atoms with Gasteiger partial charge in [-0.3, -0.25) is 0 Å². The second-order valence-electron chi connectivity index (χ2n) is 4.15. The van der Waals surface area contributed by atoms with E-state index in [4.69, 9.17) is 4.74 Å². The van der Waals surface area contributed by atoms with Crippen LogP contribution >= 0.6 is 0 Å². The number of nitrogens with zero attached hydrogens (tertiary/aromatic N) is 4. The Hall–Kier alpha value is -1.69. The van der Waals surface area contributed by atoms with Crippen molar-refractivity contribution >= 4 is 17.0 Å². The van der Waals surface area contributed by atoms with E-state index in [9.17, 15) is 0 Å². The van der Waals surface area contributed by atoms with Crippen molar-refractivity contribution in [3.05, 3.63) is 12.7 Å². The number of fused-ring (bicyclic) bond motifs is 1. The lowest BCUT2D eigenvalue weighted by molar-refractivity contribution is 0.0382. The summed E-state index contributed by atoms with van der Waals surface area (Å²) in [6.07, 6.45) is 4.53. The van der Waals surface area contributed by atoms with Gasteiger partial charge in [-0.25, -0.2) is 15.0 Å². The summed E-state index contributed by atoms with van der Waals surface area (Å²) in [5, 5.41) is 0. The van der Waals surface area contributed by atoms with Gasteiger partial charge in [-0.15, -0.1) is 0 Å². The molecular weight excluding hydrogens is 218 g/mol. The summed E-state index contributed by atoms with van der Waals surface area (Å²) in [6.45, 7) is 4.63. The molecule has 2 aromatic heterocycles. The van der Waals surface area contributed by atoms with Crippen molar-refractivity contribution in [1.29, 1.82) is 0 Å². The van der Waals surface area contributed by atoms with Gasteiger partial charge >= 0.3 is 0 Å². The highest BCUT2D eigenvalue weighted by Crippen LogP contribution is 2.22. The second-order valence-corrected chi connectivity index (χ2v) is 4.15. The summed E-state index contributed by atoms with van der Waals surface area (Å²) in [6, 6.07) is 0. The summed E-state index contributed by atoms with van der Waals surface area (Å²) in [7, 11) is 0. The van der Waals surface area contributed by atoms with Crippen LogP contribution in [-0.4, -0.2) is 45.7 Å². The average molecular weight is 233 g/mol. The number of H-pyrrole nitrogens is 1. The smallest absolute Gasteiger partial charge is 0.182 e. The average Bonchev–Trinajstić information content (AvgIpc) is 2.87. The summed E-state index contributed by atoms with van der Waals surface area (Å²) < 4.78 is 5.66. The van der Waals surface area contributed by atoms with Crippen LogP contribution in [0.25, 0.3) is 11.2 Å². The van der Waals surface area contributed by atoms with Crippen LogP contribution in [0.15, 0.2) is 12.7 Å². The van der Waals surface area contributed by atoms with Crippen molar-refractivity contribution in [3.63, 3.8) is 0 Å². The van der Waals surface area contributed by atoms with Crippen molar-refractivity contribution in [3.8, 4) is 0 Å². The van der Waals surface area contributed by atoms with Gasteiger partial charge in [0.2, 0.25) is 0 Å². The van der Waals surface area contributed by atoms with Crippen LogP contribution in [-0.2, 0) is 4.74 Å². The van der Waals surface area contributed by atoms with E-state index in [0.717, 1.165) is 43.1 Å². The number of aromatic nitrogens is 4. The molecule has 0 radical (unpaired) electrons. The largest absolute Gasteiger partial charge is 0.375 e. The van der Waals surface area contributed by atoms with Crippen LogP contribution in [0.2, 0.25) is 0 Å². The quantitative estimate of drug-likeness (QED) is 0.837. The number of aromatic amines is 1. The third-order valence-electron chi connectivity index (χ3n) is 3.10. The lowest BCUT2D eigenvalue weighted by Crippen LogP contribution is -2.42. The highest BCUT2D eigenvalue weighted by atomic mass is 16.5. The first-order valence-corrected chi connectivity index (χ1v) is 5.89. The van der Waals surface area contributed by atoms with Gasteiger partial charge in [-0.1, -0.05) is 6.92 Å². The number of rotatable bonds is 2. The van der Waals surface area contributed by atoms with E-state index < -0.39 is 0 Å². The molecule has 1 aliphatic rings. The molecule has 1 aliphatic heterocycles. The number of imidazole rings is 1. The molecule has 0 amide bonds. The van der Waals surface area contributed by atoms with Crippen LogP contribution in [0.3, 0.4) is 0 Å². The molecule has 6 heteroatoms. The summed E-state index contributed by atoms with van der Waals surface area (Å²) in [5.74, 6) is 0.925. The molecule has 2 aromatic rings. The topological polar surface area (TPSA) is 66.9 Å². The standard InChI is InChI=1S/C11H15N5O/c1-2-8-5-16(3-4-17-8)11-9-10(13-6-12-9)14-7-15-11/h6-8H,2-5H2,1H3,(H,12,13,14,15)/t8-/m0/s1. The maximum absolute atomic E-state index is 5.66. The summed E-state index contributed by atoms with van der Waals surface area (Å²) >= 11 is 0. The minimum atomic E-state index is 0.289. The normalized spacial score (nSPS) is 21.0. The first kappa shape index (κ1) is 10.5. The Morgan fingerprint density at radius 3 is 3.29 bits per heavy atom. The van der Waals surface area contributed by atoms with Crippen molar-refractivity contribution in [2.24, 2.45) is 0 Å².